The van der Waals surface area contributed by atoms with Gasteiger partial charge < -0.3 is 9.30 Å². The van der Waals surface area contributed by atoms with Crippen LogP contribution in [-0.2, 0) is 14.3 Å². The summed E-state index contributed by atoms with van der Waals surface area (Å²) in [5.74, 6) is -1.82. The van der Waals surface area contributed by atoms with Gasteiger partial charge in [-0.2, -0.15) is 0 Å². The van der Waals surface area contributed by atoms with Gasteiger partial charge in [0.1, 0.15) is 5.57 Å². The molecular formula is C27H25N3O5. The Labute approximate surface area is 202 Å². The molecule has 8 heteroatoms. The van der Waals surface area contributed by atoms with E-state index in [0.717, 1.165) is 27.5 Å². The van der Waals surface area contributed by atoms with Crippen molar-refractivity contribution in [1.82, 2.24) is 9.88 Å². The first-order chi connectivity index (χ1) is 16.7. The zero-order chi connectivity index (χ0) is 25.3. The van der Waals surface area contributed by atoms with Crippen molar-refractivity contribution < 1.29 is 23.9 Å². The fraction of sp³-hybridized carbons (Fsp3) is 0.185. The molecule has 0 unspecified atom stereocenters. The van der Waals surface area contributed by atoms with Crippen LogP contribution < -0.4 is 10.2 Å². The van der Waals surface area contributed by atoms with E-state index in [1.165, 1.54) is 6.08 Å². The lowest BCUT2D eigenvalue weighted by Crippen LogP contribution is -2.54. The number of nitrogens with one attached hydrogen (secondary N) is 1. The van der Waals surface area contributed by atoms with Crippen molar-refractivity contribution in [2.45, 2.75) is 27.7 Å². The van der Waals surface area contributed by atoms with E-state index in [1.807, 2.05) is 37.5 Å². The minimum absolute atomic E-state index is 0.135. The molecule has 2 aromatic carbocycles. The molecule has 178 valence electrons. The van der Waals surface area contributed by atoms with Crippen molar-refractivity contribution in [2.24, 2.45) is 0 Å². The number of aromatic nitrogens is 1. The Bertz CT molecular complexity index is 1380. The average Bonchev–Trinajstić information content (AvgIpc) is 3.09. The summed E-state index contributed by atoms with van der Waals surface area (Å²) in [6.45, 7) is 7.68. The normalized spacial score (nSPS) is 14.9. The Morgan fingerprint density at radius 3 is 2.34 bits per heavy atom. The van der Waals surface area contributed by atoms with Crippen LogP contribution in [0.25, 0.3) is 11.8 Å². The number of urea groups is 1. The Morgan fingerprint density at radius 2 is 1.69 bits per heavy atom. The van der Waals surface area contributed by atoms with E-state index in [0.29, 0.717) is 23.4 Å². The maximum atomic E-state index is 13.2. The van der Waals surface area contributed by atoms with Crippen LogP contribution in [0.5, 0.6) is 0 Å². The third-order valence-corrected chi connectivity index (χ3v) is 5.77. The molecule has 4 rings (SSSR count). The van der Waals surface area contributed by atoms with Gasteiger partial charge in [-0.05, 0) is 87.4 Å². The van der Waals surface area contributed by atoms with Gasteiger partial charge in [-0.1, -0.05) is 12.1 Å². The molecule has 0 saturated carbocycles. The van der Waals surface area contributed by atoms with Crippen LogP contribution in [0.4, 0.5) is 10.5 Å². The first-order valence-electron chi connectivity index (χ1n) is 11.2. The molecule has 35 heavy (non-hydrogen) atoms. The molecule has 3 aromatic rings. The number of nitrogens with zero attached hydrogens (tertiary/aromatic N) is 2. The number of amides is 4. The number of aryl methyl sites for hydroxylation is 2. The van der Waals surface area contributed by atoms with Gasteiger partial charge in [-0.3, -0.25) is 14.9 Å². The molecule has 1 fully saturated rings. The molecule has 0 atom stereocenters. The fourth-order valence-electron chi connectivity index (χ4n) is 4.11. The number of hydrogen-bond donors (Lipinski definition) is 1. The van der Waals surface area contributed by atoms with Crippen molar-refractivity contribution >= 4 is 35.6 Å². The van der Waals surface area contributed by atoms with E-state index in [-0.39, 0.29) is 11.5 Å². The molecule has 0 bridgehead atoms. The number of imide groups is 2. The van der Waals surface area contributed by atoms with E-state index in [2.05, 4.69) is 5.32 Å². The predicted octanol–water partition coefficient (Wildman–Crippen LogP) is 4.25. The molecule has 1 N–H and O–H groups in total. The van der Waals surface area contributed by atoms with Crippen molar-refractivity contribution in [2.75, 3.05) is 11.5 Å². The summed E-state index contributed by atoms with van der Waals surface area (Å²) in [6, 6.07) is 15.0. The number of ether oxygens (including phenoxy) is 1. The smallest absolute Gasteiger partial charge is 0.338 e. The summed E-state index contributed by atoms with van der Waals surface area (Å²) in [7, 11) is 0. The van der Waals surface area contributed by atoms with E-state index < -0.39 is 17.8 Å². The molecule has 1 aliphatic rings. The first kappa shape index (κ1) is 23.7. The number of benzene rings is 2. The van der Waals surface area contributed by atoms with Gasteiger partial charge in [0.2, 0.25) is 0 Å². The second kappa shape index (κ2) is 9.42. The number of barbiturate groups is 1. The minimum Gasteiger partial charge on any atom is -0.462 e. The van der Waals surface area contributed by atoms with Crippen molar-refractivity contribution in [3.8, 4) is 5.69 Å². The Hall–Kier alpha value is -4.46. The largest absolute Gasteiger partial charge is 0.462 e. The molecule has 0 radical (unpaired) electrons. The molecule has 1 aromatic heterocycles. The van der Waals surface area contributed by atoms with Crippen LogP contribution in [0, 0.1) is 20.8 Å². The monoisotopic (exact) mass is 471 g/mol. The minimum atomic E-state index is -0.782. The van der Waals surface area contributed by atoms with E-state index in [1.54, 1.807) is 49.4 Å². The Balaban J connectivity index is 1.70. The highest BCUT2D eigenvalue weighted by atomic mass is 16.5. The lowest BCUT2D eigenvalue weighted by molar-refractivity contribution is -0.122. The third-order valence-electron chi connectivity index (χ3n) is 5.77. The summed E-state index contributed by atoms with van der Waals surface area (Å²) in [5, 5.41) is 2.26. The van der Waals surface area contributed by atoms with Crippen molar-refractivity contribution in [3.63, 3.8) is 0 Å². The summed E-state index contributed by atoms with van der Waals surface area (Å²) in [4.78, 5) is 51.2. The zero-order valence-electron chi connectivity index (χ0n) is 19.9. The molecule has 1 saturated heterocycles. The number of rotatable bonds is 5. The summed E-state index contributed by atoms with van der Waals surface area (Å²) in [5.41, 5.74) is 4.71. The quantitative estimate of drug-likeness (QED) is 0.341. The molecule has 0 aliphatic carbocycles. The maximum Gasteiger partial charge on any atom is 0.338 e. The first-order valence-corrected chi connectivity index (χ1v) is 11.2. The highest BCUT2D eigenvalue weighted by Gasteiger charge is 2.37. The number of hydrogen-bond acceptors (Lipinski definition) is 5. The second-order valence-corrected chi connectivity index (χ2v) is 8.23. The van der Waals surface area contributed by atoms with Crippen molar-refractivity contribution in [1.29, 1.82) is 0 Å². The molecule has 4 amide bonds. The van der Waals surface area contributed by atoms with Crippen LogP contribution in [0.15, 0.2) is 60.2 Å². The van der Waals surface area contributed by atoms with Gasteiger partial charge in [0.05, 0.1) is 17.9 Å². The summed E-state index contributed by atoms with van der Waals surface area (Å²) < 4.78 is 6.99. The second-order valence-electron chi connectivity index (χ2n) is 8.23. The molecule has 0 spiro atoms. The molecular weight excluding hydrogens is 446 g/mol. The fourth-order valence-corrected chi connectivity index (χ4v) is 4.11. The average molecular weight is 472 g/mol. The van der Waals surface area contributed by atoms with Gasteiger partial charge in [0.25, 0.3) is 11.8 Å². The standard InChI is InChI=1S/C27H25N3O5/c1-5-35-26(33)19-9-11-21(12-10-19)29-17(3)14-20(18(29)4)15-23-24(31)28-27(34)30(25(23)32)22-8-6-7-16(2)13-22/h6-15H,5H2,1-4H3,(H,28,31,34)/b23-15-. The summed E-state index contributed by atoms with van der Waals surface area (Å²) >= 11 is 0. The van der Waals surface area contributed by atoms with Gasteiger partial charge in [0.15, 0.2) is 0 Å². The number of carbonyl (C=O) groups is 4. The molecule has 2 heterocycles. The van der Waals surface area contributed by atoms with Gasteiger partial charge in [-0.25, -0.2) is 14.5 Å². The highest BCUT2D eigenvalue weighted by molar-refractivity contribution is 6.39. The van der Waals surface area contributed by atoms with E-state index in [9.17, 15) is 19.2 Å². The van der Waals surface area contributed by atoms with Gasteiger partial charge in [0, 0.05) is 17.1 Å². The van der Waals surface area contributed by atoms with Crippen molar-refractivity contribution in [3.05, 3.63) is 88.2 Å². The predicted molar refractivity (Wildman–Crippen MR) is 131 cm³/mol. The van der Waals surface area contributed by atoms with Gasteiger partial charge >= 0.3 is 12.0 Å². The Kier molecular flexibility index (Phi) is 6.38. The topological polar surface area (TPSA) is 97.7 Å². The van der Waals surface area contributed by atoms with Crippen LogP contribution in [-0.4, -0.2) is 35.0 Å². The maximum absolute atomic E-state index is 13.2. The van der Waals surface area contributed by atoms with Gasteiger partial charge in [-0.15, -0.1) is 0 Å². The number of carbonyl (C=O) groups excluding carboxylic acids is 4. The summed E-state index contributed by atoms with van der Waals surface area (Å²) in [6.07, 6.45) is 1.50. The molecule has 8 nitrogen and oxygen atoms in total. The SMILES string of the molecule is CCOC(=O)c1ccc(-n2c(C)cc(/C=C3/C(=O)NC(=O)N(c4cccc(C)c4)C3=O)c2C)cc1. The lowest BCUT2D eigenvalue weighted by Gasteiger charge is -2.26. The van der Waals surface area contributed by atoms with Crippen LogP contribution in [0.2, 0.25) is 0 Å². The number of anilines is 1. The zero-order valence-corrected chi connectivity index (χ0v) is 19.9. The van der Waals surface area contributed by atoms with E-state index >= 15 is 0 Å². The molecule has 1 aliphatic heterocycles. The third kappa shape index (κ3) is 4.50. The lowest BCUT2D eigenvalue weighted by atomic mass is 10.1. The van der Waals surface area contributed by atoms with Crippen LogP contribution in [0.3, 0.4) is 0 Å². The Morgan fingerprint density at radius 1 is 0.971 bits per heavy atom. The highest BCUT2D eigenvalue weighted by Crippen LogP contribution is 2.26. The van der Waals surface area contributed by atoms with Crippen LogP contribution in [0.1, 0.15) is 39.8 Å². The van der Waals surface area contributed by atoms with Crippen LogP contribution >= 0.6 is 0 Å². The van der Waals surface area contributed by atoms with E-state index in [4.69, 9.17) is 4.74 Å². The number of esters is 1.